The highest BCUT2D eigenvalue weighted by molar-refractivity contribution is 8.01. The van der Waals surface area contributed by atoms with Crippen molar-refractivity contribution in [2.75, 3.05) is 11.1 Å². The van der Waals surface area contributed by atoms with Crippen LogP contribution in [-0.4, -0.2) is 21.9 Å². The van der Waals surface area contributed by atoms with Crippen LogP contribution in [0.2, 0.25) is 0 Å². The molecule has 0 aliphatic rings. The Bertz CT molecular complexity index is 542. The van der Waals surface area contributed by atoms with Gasteiger partial charge in [0.15, 0.2) is 4.34 Å². The fourth-order valence-electron chi connectivity index (χ4n) is 1.72. The van der Waals surface area contributed by atoms with Gasteiger partial charge in [0.1, 0.15) is 0 Å². The number of carbonyl (C=O) groups is 1. The van der Waals surface area contributed by atoms with E-state index in [0.29, 0.717) is 11.6 Å². The fourth-order valence-corrected chi connectivity index (χ4v) is 3.39. The van der Waals surface area contributed by atoms with Crippen LogP contribution < -0.4 is 5.32 Å². The summed E-state index contributed by atoms with van der Waals surface area (Å²) in [4.78, 5) is 11.8. The molecule has 0 aliphatic carbocycles. The maximum Gasteiger partial charge on any atom is 0.226 e. The zero-order valence-electron chi connectivity index (χ0n) is 11.3. The number of aryl methyl sites for hydroxylation is 1. The summed E-state index contributed by atoms with van der Waals surface area (Å²) in [5, 5.41) is 11.3. The number of nitrogens with one attached hydrogen (secondary N) is 1. The number of thioether (sulfide) groups is 1. The third kappa shape index (κ3) is 4.94. The molecular weight excluding hydrogens is 290 g/mol. The first-order valence-electron chi connectivity index (χ1n) is 6.58. The molecule has 1 aromatic carbocycles. The Balaban J connectivity index is 1.72. The van der Waals surface area contributed by atoms with E-state index in [0.717, 1.165) is 22.9 Å². The van der Waals surface area contributed by atoms with E-state index in [-0.39, 0.29) is 5.91 Å². The summed E-state index contributed by atoms with van der Waals surface area (Å²) in [5.74, 6) is 0.963. The van der Waals surface area contributed by atoms with Crippen LogP contribution in [0.15, 0.2) is 34.7 Å². The van der Waals surface area contributed by atoms with E-state index in [1.165, 1.54) is 16.9 Å². The van der Waals surface area contributed by atoms with Gasteiger partial charge in [-0.05, 0) is 24.2 Å². The number of anilines is 1. The summed E-state index contributed by atoms with van der Waals surface area (Å²) in [5.41, 5.74) is 1.26. The summed E-state index contributed by atoms with van der Waals surface area (Å²) in [6.45, 7) is 2.06. The van der Waals surface area contributed by atoms with Gasteiger partial charge in [-0.3, -0.25) is 4.79 Å². The van der Waals surface area contributed by atoms with Crippen LogP contribution in [0.4, 0.5) is 5.13 Å². The smallest absolute Gasteiger partial charge is 0.226 e. The molecule has 0 atom stereocenters. The highest BCUT2D eigenvalue weighted by Gasteiger charge is 2.08. The molecule has 1 N–H and O–H groups in total. The molecule has 0 unspecified atom stereocenters. The molecule has 1 aromatic heterocycles. The van der Waals surface area contributed by atoms with Gasteiger partial charge in [-0.25, -0.2) is 0 Å². The van der Waals surface area contributed by atoms with Gasteiger partial charge in [0.25, 0.3) is 0 Å². The van der Waals surface area contributed by atoms with Crippen molar-refractivity contribution < 1.29 is 4.79 Å². The van der Waals surface area contributed by atoms with Crippen LogP contribution in [-0.2, 0) is 11.2 Å². The van der Waals surface area contributed by atoms with Crippen molar-refractivity contribution in [1.82, 2.24) is 10.2 Å². The van der Waals surface area contributed by atoms with Crippen molar-refractivity contribution in [3.8, 4) is 0 Å². The lowest BCUT2D eigenvalue weighted by molar-refractivity contribution is -0.116. The molecule has 1 amide bonds. The highest BCUT2D eigenvalue weighted by Crippen LogP contribution is 2.25. The SMILES string of the molecule is CCSc1nnc(NC(=O)CCCc2ccccc2)s1. The Labute approximate surface area is 127 Å². The predicted molar refractivity (Wildman–Crippen MR) is 84.3 cm³/mol. The zero-order chi connectivity index (χ0) is 14.2. The van der Waals surface area contributed by atoms with Crippen LogP contribution in [0.1, 0.15) is 25.3 Å². The quantitative estimate of drug-likeness (QED) is 0.627. The molecule has 0 aliphatic heterocycles. The molecule has 106 valence electrons. The zero-order valence-corrected chi connectivity index (χ0v) is 13.0. The van der Waals surface area contributed by atoms with Crippen LogP contribution >= 0.6 is 23.1 Å². The minimum Gasteiger partial charge on any atom is -0.301 e. The Morgan fingerprint density at radius 1 is 1.30 bits per heavy atom. The van der Waals surface area contributed by atoms with Crippen LogP contribution in [0.3, 0.4) is 0 Å². The van der Waals surface area contributed by atoms with Crippen molar-refractivity contribution >= 4 is 34.1 Å². The van der Waals surface area contributed by atoms with Crippen molar-refractivity contribution in [1.29, 1.82) is 0 Å². The average molecular weight is 307 g/mol. The maximum absolute atomic E-state index is 11.8. The van der Waals surface area contributed by atoms with Gasteiger partial charge in [-0.1, -0.05) is 60.4 Å². The van der Waals surface area contributed by atoms with Crippen molar-refractivity contribution in [3.05, 3.63) is 35.9 Å². The lowest BCUT2D eigenvalue weighted by atomic mass is 10.1. The van der Waals surface area contributed by atoms with Gasteiger partial charge >= 0.3 is 0 Å². The van der Waals surface area contributed by atoms with E-state index in [1.807, 2.05) is 18.2 Å². The van der Waals surface area contributed by atoms with Gasteiger partial charge in [-0.2, -0.15) is 0 Å². The summed E-state index contributed by atoms with van der Waals surface area (Å²) in [6.07, 6.45) is 2.26. The highest BCUT2D eigenvalue weighted by atomic mass is 32.2. The number of hydrogen-bond acceptors (Lipinski definition) is 5. The molecule has 1 heterocycles. The Hall–Kier alpha value is -1.40. The number of hydrogen-bond donors (Lipinski definition) is 1. The van der Waals surface area contributed by atoms with Gasteiger partial charge in [-0.15, -0.1) is 10.2 Å². The van der Waals surface area contributed by atoms with Gasteiger partial charge in [0.2, 0.25) is 11.0 Å². The molecule has 0 saturated carbocycles. The largest absolute Gasteiger partial charge is 0.301 e. The second kappa shape index (κ2) is 8.01. The molecule has 6 heteroatoms. The van der Waals surface area contributed by atoms with Crippen molar-refractivity contribution in [3.63, 3.8) is 0 Å². The number of nitrogens with zero attached hydrogens (tertiary/aromatic N) is 2. The van der Waals surface area contributed by atoms with E-state index in [9.17, 15) is 4.79 Å². The molecular formula is C14H17N3OS2. The lowest BCUT2D eigenvalue weighted by Gasteiger charge is -2.01. The van der Waals surface area contributed by atoms with E-state index in [1.54, 1.807) is 11.8 Å². The van der Waals surface area contributed by atoms with E-state index < -0.39 is 0 Å². The van der Waals surface area contributed by atoms with E-state index >= 15 is 0 Å². The summed E-state index contributed by atoms with van der Waals surface area (Å²) < 4.78 is 0.895. The lowest BCUT2D eigenvalue weighted by Crippen LogP contribution is -2.11. The molecule has 0 fully saturated rings. The van der Waals surface area contributed by atoms with E-state index in [2.05, 4.69) is 34.6 Å². The summed E-state index contributed by atoms with van der Waals surface area (Å²) in [6, 6.07) is 10.2. The number of amides is 1. The Morgan fingerprint density at radius 2 is 2.10 bits per heavy atom. The molecule has 0 radical (unpaired) electrons. The third-order valence-electron chi connectivity index (χ3n) is 2.63. The standard InChI is InChI=1S/C14H17N3OS2/c1-2-19-14-17-16-13(20-14)15-12(18)10-6-9-11-7-4-3-5-8-11/h3-5,7-8H,2,6,9-10H2,1H3,(H,15,16,18). The Morgan fingerprint density at radius 3 is 2.85 bits per heavy atom. The minimum atomic E-state index is 0.00475. The third-order valence-corrected chi connectivity index (χ3v) is 4.49. The Kier molecular flexibility index (Phi) is 6.01. The first-order valence-corrected chi connectivity index (χ1v) is 8.38. The second-order valence-corrected chi connectivity index (χ2v) is 6.68. The minimum absolute atomic E-state index is 0.00475. The van der Waals surface area contributed by atoms with Crippen molar-refractivity contribution in [2.45, 2.75) is 30.5 Å². The molecule has 4 nitrogen and oxygen atoms in total. The van der Waals surface area contributed by atoms with Crippen LogP contribution in [0.5, 0.6) is 0 Å². The summed E-state index contributed by atoms with van der Waals surface area (Å²) >= 11 is 3.06. The predicted octanol–water partition coefficient (Wildman–Crippen LogP) is 3.61. The number of carbonyl (C=O) groups excluding carboxylic acids is 1. The molecule has 0 bridgehead atoms. The normalized spacial score (nSPS) is 10.4. The molecule has 20 heavy (non-hydrogen) atoms. The first-order chi connectivity index (χ1) is 9.78. The molecule has 0 spiro atoms. The van der Waals surface area contributed by atoms with Crippen LogP contribution in [0.25, 0.3) is 0 Å². The maximum atomic E-state index is 11.8. The second-order valence-electron chi connectivity index (χ2n) is 4.19. The van der Waals surface area contributed by atoms with Crippen LogP contribution in [0, 0.1) is 0 Å². The number of benzene rings is 1. The fraction of sp³-hybridized carbons (Fsp3) is 0.357. The first kappa shape index (κ1) is 15.0. The number of aromatic nitrogens is 2. The van der Waals surface area contributed by atoms with E-state index in [4.69, 9.17) is 0 Å². The van der Waals surface area contributed by atoms with Gasteiger partial charge < -0.3 is 5.32 Å². The van der Waals surface area contributed by atoms with Gasteiger partial charge in [0.05, 0.1) is 0 Å². The summed E-state index contributed by atoms with van der Waals surface area (Å²) in [7, 11) is 0. The molecule has 2 rings (SSSR count). The van der Waals surface area contributed by atoms with Gasteiger partial charge in [0, 0.05) is 6.42 Å². The van der Waals surface area contributed by atoms with Crippen molar-refractivity contribution in [2.24, 2.45) is 0 Å². The monoisotopic (exact) mass is 307 g/mol. The average Bonchev–Trinajstić information content (AvgIpc) is 2.88. The topological polar surface area (TPSA) is 54.9 Å². The number of rotatable bonds is 7. The molecule has 0 saturated heterocycles. The molecule has 2 aromatic rings.